The predicted molar refractivity (Wildman–Crippen MR) is 64.7 cm³/mol. The maximum Gasteiger partial charge on any atom is 0.179 e. The SMILES string of the molecule is C#CCC(=O)c1c(S(C)(C)C)n[nH]c1C. The fraction of sp³-hybridized carbons (Fsp3) is 0.455. The lowest BCUT2D eigenvalue weighted by Gasteiger charge is -2.23. The molecule has 0 saturated carbocycles. The highest BCUT2D eigenvalue weighted by Crippen LogP contribution is 2.46. The zero-order valence-corrected chi connectivity index (χ0v) is 10.4. The van der Waals surface area contributed by atoms with Crippen molar-refractivity contribution >= 4 is 15.8 Å². The summed E-state index contributed by atoms with van der Waals surface area (Å²) in [5.74, 6) is 2.37. The van der Waals surface area contributed by atoms with Crippen molar-refractivity contribution in [1.82, 2.24) is 10.2 Å². The molecule has 3 nitrogen and oxygen atoms in total. The van der Waals surface area contributed by atoms with Crippen LogP contribution in [0.1, 0.15) is 22.5 Å². The van der Waals surface area contributed by atoms with E-state index in [1.54, 1.807) is 0 Å². The van der Waals surface area contributed by atoms with Gasteiger partial charge in [0, 0.05) is 5.69 Å². The zero-order chi connectivity index (χ0) is 11.6. The van der Waals surface area contributed by atoms with Crippen molar-refractivity contribution in [1.29, 1.82) is 0 Å². The van der Waals surface area contributed by atoms with Gasteiger partial charge in [-0.15, -0.1) is 6.42 Å². The van der Waals surface area contributed by atoms with Gasteiger partial charge in [-0.1, -0.05) is 5.92 Å². The third-order valence-electron chi connectivity index (χ3n) is 2.04. The first-order valence-corrected chi connectivity index (χ1v) is 7.43. The van der Waals surface area contributed by atoms with Crippen molar-refractivity contribution in [2.24, 2.45) is 0 Å². The van der Waals surface area contributed by atoms with Crippen LogP contribution >= 0.6 is 10.0 Å². The number of nitrogens with zero attached hydrogens (tertiary/aromatic N) is 1. The topological polar surface area (TPSA) is 45.8 Å². The molecule has 1 heterocycles. The van der Waals surface area contributed by atoms with Gasteiger partial charge in [-0.2, -0.15) is 5.10 Å². The summed E-state index contributed by atoms with van der Waals surface area (Å²) >= 11 is 0. The highest BCUT2D eigenvalue weighted by atomic mass is 32.3. The number of rotatable bonds is 3. The molecule has 0 saturated heterocycles. The Hall–Kier alpha value is -1.21. The van der Waals surface area contributed by atoms with Crippen LogP contribution in [0.3, 0.4) is 0 Å². The van der Waals surface area contributed by atoms with Gasteiger partial charge < -0.3 is 0 Å². The summed E-state index contributed by atoms with van der Waals surface area (Å²) in [6.45, 7) is 1.85. The van der Waals surface area contributed by atoms with E-state index in [1.165, 1.54) is 0 Å². The number of carbonyl (C=O) groups excluding carboxylic acids is 1. The van der Waals surface area contributed by atoms with E-state index in [0.717, 1.165) is 10.7 Å². The number of Topliss-reactive ketones (excluding diaryl/α,β-unsaturated/α-hetero) is 1. The van der Waals surface area contributed by atoms with Gasteiger partial charge in [0.15, 0.2) is 5.78 Å². The smallest absolute Gasteiger partial charge is 0.179 e. The van der Waals surface area contributed by atoms with Crippen LogP contribution in [0.25, 0.3) is 0 Å². The Morgan fingerprint density at radius 3 is 2.60 bits per heavy atom. The van der Waals surface area contributed by atoms with E-state index in [9.17, 15) is 4.79 Å². The molecular weight excluding hydrogens is 208 g/mol. The fourth-order valence-electron chi connectivity index (χ4n) is 1.36. The van der Waals surface area contributed by atoms with Crippen molar-refractivity contribution in [3.8, 4) is 12.3 Å². The second-order valence-corrected chi connectivity index (χ2v) is 8.23. The largest absolute Gasteiger partial charge is 0.293 e. The molecule has 0 radical (unpaired) electrons. The fourth-order valence-corrected chi connectivity index (χ4v) is 2.56. The molecule has 82 valence electrons. The van der Waals surface area contributed by atoms with E-state index in [4.69, 9.17) is 6.42 Å². The minimum absolute atomic E-state index is 0.0128. The van der Waals surface area contributed by atoms with Gasteiger partial charge in [-0.25, -0.2) is 10.0 Å². The Balaban J connectivity index is 3.23. The number of aromatic amines is 1. The summed E-state index contributed by atoms with van der Waals surface area (Å²) in [5.41, 5.74) is 1.50. The molecule has 0 aliphatic heterocycles. The summed E-state index contributed by atoms with van der Waals surface area (Å²) in [5, 5.41) is 7.95. The Morgan fingerprint density at radius 1 is 1.53 bits per heavy atom. The average molecular weight is 224 g/mol. The van der Waals surface area contributed by atoms with Gasteiger partial charge in [0.25, 0.3) is 0 Å². The molecule has 1 aromatic rings. The predicted octanol–water partition coefficient (Wildman–Crippen LogP) is 1.98. The quantitative estimate of drug-likeness (QED) is 0.630. The van der Waals surface area contributed by atoms with Crippen molar-refractivity contribution < 1.29 is 4.79 Å². The second kappa shape index (κ2) is 4.11. The number of aryl methyl sites for hydroxylation is 1. The van der Waals surface area contributed by atoms with Crippen LogP contribution in [0, 0.1) is 19.3 Å². The lowest BCUT2D eigenvalue weighted by molar-refractivity contribution is 0.0995. The number of nitrogens with one attached hydrogen (secondary N) is 1. The van der Waals surface area contributed by atoms with Crippen molar-refractivity contribution in [3.05, 3.63) is 11.3 Å². The van der Waals surface area contributed by atoms with Crippen LogP contribution in [0.15, 0.2) is 5.03 Å². The number of ketones is 1. The molecule has 0 unspecified atom stereocenters. The van der Waals surface area contributed by atoms with E-state index in [2.05, 4.69) is 34.9 Å². The third kappa shape index (κ3) is 2.42. The molecule has 0 aliphatic rings. The maximum atomic E-state index is 11.8. The molecular formula is C11H16N2OS. The molecule has 0 atom stereocenters. The first kappa shape index (κ1) is 11.9. The van der Waals surface area contributed by atoms with Crippen molar-refractivity contribution in [2.75, 3.05) is 18.8 Å². The lowest BCUT2D eigenvalue weighted by atomic mass is 10.1. The second-order valence-electron chi connectivity index (χ2n) is 4.17. The van der Waals surface area contributed by atoms with E-state index in [0.29, 0.717) is 5.56 Å². The molecule has 0 spiro atoms. The van der Waals surface area contributed by atoms with E-state index in [1.807, 2.05) is 6.92 Å². The van der Waals surface area contributed by atoms with Gasteiger partial charge in [0.2, 0.25) is 0 Å². The summed E-state index contributed by atoms with van der Waals surface area (Å²) in [6.07, 6.45) is 11.6. The van der Waals surface area contributed by atoms with E-state index in [-0.39, 0.29) is 12.2 Å². The number of H-pyrrole nitrogens is 1. The number of hydrogen-bond acceptors (Lipinski definition) is 2. The van der Waals surface area contributed by atoms with Crippen LogP contribution in [0.5, 0.6) is 0 Å². The highest BCUT2D eigenvalue weighted by molar-refractivity contribution is 8.32. The van der Waals surface area contributed by atoms with Crippen molar-refractivity contribution in [2.45, 2.75) is 18.4 Å². The van der Waals surface area contributed by atoms with Gasteiger partial charge in [0.05, 0.1) is 12.0 Å². The molecule has 1 N–H and O–H groups in total. The zero-order valence-electron chi connectivity index (χ0n) is 9.55. The Labute approximate surface area is 92.0 Å². The summed E-state index contributed by atoms with van der Waals surface area (Å²) in [7, 11) is -1.01. The molecule has 0 fully saturated rings. The molecule has 0 amide bonds. The normalized spacial score (nSPS) is 12.2. The third-order valence-corrected chi connectivity index (χ3v) is 3.49. The molecule has 15 heavy (non-hydrogen) atoms. The summed E-state index contributed by atoms with van der Waals surface area (Å²) in [4.78, 5) is 11.8. The standard InChI is InChI=1S/C11H16N2OS/c1-6-7-9(14)10-8(2)12-13-11(10)15(3,4)5/h1H,7H2,2-5H3,(H,12,13). The van der Waals surface area contributed by atoms with Crippen LogP contribution in [-0.2, 0) is 0 Å². The number of aromatic nitrogens is 2. The highest BCUT2D eigenvalue weighted by Gasteiger charge is 2.23. The Morgan fingerprint density at radius 2 is 2.13 bits per heavy atom. The molecule has 0 aromatic carbocycles. The molecule has 0 aliphatic carbocycles. The monoisotopic (exact) mass is 224 g/mol. The molecule has 1 aromatic heterocycles. The van der Waals surface area contributed by atoms with Crippen LogP contribution in [0.4, 0.5) is 0 Å². The van der Waals surface area contributed by atoms with Crippen LogP contribution in [-0.4, -0.2) is 34.7 Å². The van der Waals surface area contributed by atoms with Gasteiger partial charge in [-0.3, -0.25) is 9.89 Å². The van der Waals surface area contributed by atoms with E-state index < -0.39 is 10.0 Å². The molecule has 0 bridgehead atoms. The molecule has 4 heteroatoms. The lowest BCUT2D eigenvalue weighted by Crippen LogP contribution is -2.05. The molecule has 1 rings (SSSR count). The van der Waals surface area contributed by atoms with Gasteiger partial charge in [-0.05, 0) is 25.7 Å². The van der Waals surface area contributed by atoms with Crippen molar-refractivity contribution in [3.63, 3.8) is 0 Å². The first-order valence-electron chi connectivity index (χ1n) is 4.58. The minimum atomic E-state index is -1.01. The number of carbonyl (C=O) groups is 1. The summed E-state index contributed by atoms with van der Waals surface area (Å²) < 4.78 is 0. The number of terminal acetylenes is 1. The average Bonchev–Trinajstić information content (AvgIpc) is 2.46. The maximum absolute atomic E-state index is 11.8. The van der Waals surface area contributed by atoms with Crippen LogP contribution in [0.2, 0.25) is 0 Å². The van der Waals surface area contributed by atoms with Crippen LogP contribution < -0.4 is 0 Å². The first-order chi connectivity index (χ1) is 6.88. The number of hydrogen-bond donors (Lipinski definition) is 1. The van der Waals surface area contributed by atoms with Gasteiger partial charge >= 0.3 is 0 Å². The van der Waals surface area contributed by atoms with Gasteiger partial charge in [0.1, 0.15) is 5.03 Å². The Bertz CT molecular complexity index is 421. The summed E-state index contributed by atoms with van der Waals surface area (Å²) in [6, 6.07) is 0. The van der Waals surface area contributed by atoms with E-state index >= 15 is 0 Å². The Kier molecular flexibility index (Phi) is 3.25. The minimum Gasteiger partial charge on any atom is -0.293 e.